The van der Waals surface area contributed by atoms with Crippen LogP contribution in [0.3, 0.4) is 0 Å². The van der Waals surface area contributed by atoms with Gasteiger partial charge in [0.05, 0.1) is 17.5 Å². The number of rotatable bonds is 4. The van der Waals surface area contributed by atoms with Gasteiger partial charge in [-0.3, -0.25) is 4.98 Å². The molecule has 3 aromatic rings. The average molecular weight is 322 g/mol. The number of aliphatic hydroxyl groups is 1. The van der Waals surface area contributed by atoms with Crippen LogP contribution in [0.15, 0.2) is 36.5 Å². The van der Waals surface area contributed by atoms with Gasteiger partial charge in [0.25, 0.3) is 0 Å². The van der Waals surface area contributed by atoms with Gasteiger partial charge in [0, 0.05) is 23.2 Å². The summed E-state index contributed by atoms with van der Waals surface area (Å²) in [4.78, 5) is 12.5. The number of hydrogen-bond acceptors (Lipinski definition) is 4. The second-order valence-corrected chi connectivity index (χ2v) is 6.54. The van der Waals surface area contributed by atoms with E-state index in [-0.39, 0.29) is 0 Å². The number of aromatic nitrogens is 3. The second-order valence-electron chi connectivity index (χ2n) is 6.54. The van der Waals surface area contributed by atoms with Crippen LogP contribution >= 0.6 is 0 Å². The van der Waals surface area contributed by atoms with Crippen molar-refractivity contribution in [3.05, 3.63) is 42.2 Å². The van der Waals surface area contributed by atoms with Gasteiger partial charge in [-0.15, -0.1) is 0 Å². The highest BCUT2D eigenvalue weighted by Crippen LogP contribution is 2.30. The van der Waals surface area contributed by atoms with E-state index in [9.17, 15) is 5.11 Å². The summed E-state index contributed by atoms with van der Waals surface area (Å²) in [5.41, 5.74) is 3.43. The van der Waals surface area contributed by atoms with Crippen LogP contribution < -0.4 is 5.32 Å². The van der Waals surface area contributed by atoms with Crippen molar-refractivity contribution in [1.82, 2.24) is 15.0 Å². The highest BCUT2D eigenvalue weighted by molar-refractivity contribution is 5.93. The number of H-pyrrole nitrogens is 1. The fourth-order valence-electron chi connectivity index (χ4n) is 3.44. The first-order valence-electron chi connectivity index (χ1n) is 8.61. The molecule has 0 bridgehead atoms. The van der Waals surface area contributed by atoms with E-state index in [4.69, 9.17) is 4.98 Å². The van der Waals surface area contributed by atoms with Gasteiger partial charge < -0.3 is 15.4 Å². The molecule has 0 aromatic carbocycles. The maximum atomic E-state index is 9.82. The van der Waals surface area contributed by atoms with Gasteiger partial charge in [-0.1, -0.05) is 18.9 Å². The first-order chi connectivity index (χ1) is 11.7. The number of anilines is 1. The van der Waals surface area contributed by atoms with Crippen molar-refractivity contribution in [2.24, 2.45) is 0 Å². The number of aliphatic hydroxyl groups excluding tert-OH is 1. The third-order valence-corrected chi connectivity index (χ3v) is 4.71. The van der Waals surface area contributed by atoms with Crippen molar-refractivity contribution in [2.75, 3.05) is 5.32 Å². The Morgan fingerprint density at radius 3 is 2.83 bits per heavy atom. The molecule has 0 spiro atoms. The van der Waals surface area contributed by atoms with Gasteiger partial charge in [-0.25, -0.2) is 4.98 Å². The lowest BCUT2D eigenvalue weighted by molar-refractivity contribution is 0.194. The minimum absolute atomic E-state index is 0.509. The summed E-state index contributed by atoms with van der Waals surface area (Å²) in [6.07, 6.45) is 6.30. The van der Waals surface area contributed by atoms with Gasteiger partial charge in [0.2, 0.25) is 0 Å². The van der Waals surface area contributed by atoms with Crippen LogP contribution in [0.1, 0.15) is 44.4 Å². The zero-order chi connectivity index (χ0) is 16.5. The van der Waals surface area contributed by atoms with Crippen LogP contribution in [0.4, 0.5) is 5.82 Å². The van der Waals surface area contributed by atoms with E-state index in [1.54, 1.807) is 6.92 Å². The topological polar surface area (TPSA) is 73.8 Å². The third kappa shape index (κ3) is 2.87. The molecule has 5 nitrogen and oxygen atoms in total. The molecule has 0 amide bonds. The zero-order valence-corrected chi connectivity index (χ0v) is 13.8. The first kappa shape index (κ1) is 15.1. The molecule has 0 unspecified atom stereocenters. The molecule has 0 saturated heterocycles. The van der Waals surface area contributed by atoms with Gasteiger partial charge in [0.15, 0.2) is 0 Å². The van der Waals surface area contributed by atoms with Crippen molar-refractivity contribution in [3.8, 4) is 11.3 Å². The summed E-state index contributed by atoms with van der Waals surface area (Å²) in [7, 11) is 0. The first-order valence-corrected chi connectivity index (χ1v) is 8.61. The second kappa shape index (κ2) is 6.24. The minimum Gasteiger partial charge on any atom is -0.387 e. The fourth-order valence-corrected chi connectivity index (χ4v) is 3.44. The number of pyridine rings is 2. The molecule has 1 aliphatic rings. The summed E-state index contributed by atoms with van der Waals surface area (Å²) >= 11 is 0. The molecule has 3 N–H and O–H groups in total. The minimum atomic E-state index is -0.579. The Morgan fingerprint density at radius 1 is 1.21 bits per heavy atom. The quantitative estimate of drug-likeness (QED) is 0.678. The maximum absolute atomic E-state index is 9.82. The monoisotopic (exact) mass is 322 g/mol. The molecule has 1 fully saturated rings. The molecular weight excluding hydrogens is 300 g/mol. The predicted molar refractivity (Wildman–Crippen MR) is 95.8 cm³/mol. The molecule has 1 saturated carbocycles. The van der Waals surface area contributed by atoms with Gasteiger partial charge in [0.1, 0.15) is 11.5 Å². The lowest BCUT2D eigenvalue weighted by Gasteiger charge is -2.14. The Balaban J connectivity index is 1.78. The molecule has 1 aliphatic carbocycles. The van der Waals surface area contributed by atoms with E-state index in [2.05, 4.69) is 21.4 Å². The predicted octanol–water partition coefficient (Wildman–Crippen LogP) is 4.03. The summed E-state index contributed by atoms with van der Waals surface area (Å²) in [5.74, 6) is 0.885. The van der Waals surface area contributed by atoms with E-state index < -0.39 is 6.10 Å². The molecule has 124 valence electrons. The Hall–Kier alpha value is -2.40. The standard InChI is InChI=1S/C19H22N4O/c1-12(24)16-7-4-8-17(22-16)15-11-18(21-13-5-2-3-6-13)23-19-14(15)9-10-20-19/h4,7-13,24H,2-3,5-6H2,1H3,(H2,20,21,23)/t12-/m1/s1. The van der Waals surface area contributed by atoms with Gasteiger partial charge >= 0.3 is 0 Å². The Morgan fingerprint density at radius 2 is 2.04 bits per heavy atom. The third-order valence-electron chi connectivity index (χ3n) is 4.71. The molecule has 24 heavy (non-hydrogen) atoms. The zero-order valence-electron chi connectivity index (χ0n) is 13.8. The number of nitrogens with zero attached hydrogens (tertiary/aromatic N) is 2. The van der Waals surface area contributed by atoms with E-state index in [0.29, 0.717) is 11.7 Å². The SMILES string of the molecule is C[C@@H](O)c1cccc(-c2cc(NC3CCCC3)nc3[nH]ccc23)n1. The summed E-state index contributed by atoms with van der Waals surface area (Å²) in [5, 5.41) is 14.4. The van der Waals surface area contributed by atoms with Crippen LogP contribution in [-0.2, 0) is 0 Å². The Labute approximate surface area is 141 Å². The fraction of sp³-hybridized carbons (Fsp3) is 0.368. The van der Waals surface area contributed by atoms with E-state index in [1.807, 2.05) is 30.5 Å². The molecule has 1 atom stereocenters. The van der Waals surface area contributed by atoms with Crippen molar-refractivity contribution >= 4 is 16.9 Å². The number of fused-ring (bicyclic) bond motifs is 1. The highest BCUT2D eigenvalue weighted by atomic mass is 16.3. The van der Waals surface area contributed by atoms with Gasteiger partial charge in [-0.2, -0.15) is 0 Å². The summed E-state index contributed by atoms with van der Waals surface area (Å²) in [6, 6.07) is 10.4. The van der Waals surface area contributed by atoms with Crippen LogP contribution in [0.25, 0.3) is 22.3 Å². The maximum Gasteiger partial charge on any atom is 0.140 e. The largest absolute Gasteiger partial charge is 0.387 e. The Kier molecular flexibility index (Phi) is 3.94. The molecule has 5 heteroatoms. The number of hydrogen-bond donors (Lipinski definition) is 3. The van der Waals surface area contributed by atoms with Gasteiger partial charge in [-0.05, 0) is 44.0 Å². The molecule has 0 radical (unpaired) electrons. The molecule has 4 rings (SSSR count). The van der Waals surface area contributed by atoms with E-state index >= 15 is 0 Å². The highest BCUT2D eigenvalue weighted by Gasteiger charge is 2.17. The lowest BCUT2D eigenvalue weighted by atomic mass is 10.1. The Bertz CT molecular complexity index is 849. The lowest BCUT2D eigenvalue weighted by Crippen LogP contribution is -2.15. The summed E-state index contributed by atoms with van der Waals surface area (Å²) < 4.78 is 0. The van der Waals surface area contributed by atoms with Crippen LogP contribution in [-0.4, -0.2) is 26.1 Å². The molecule has 3 heterocycles. The van der Waals surface area contributed by atoms with Crippen molar-refractivity contribution in [3.63, 3.8) is 0 Å². The van der Waals surface area contributed by atoms with Crippen molar-refractivity contribution in [1.29, 1.82) is 0 Å². The molecule has 0 aliphatic heterocycles. The van der Waals surface area contributed by atoms with E-state index in [0.717, 1.165) is 28.1 Å². The molecule has 3 aromatic heterocycles. The van der Waals surface area contributed by atoms with Crippen molar-refractivity contribution in [2.45, 2.75) is 44.8 Å². The average Bonchev–Trinajstić information content (AvgIpc) is 3.25. The van der Waals surface area contributed by atoms with E-state index in [1.165, 1.54) is 25.7 Å². The van der Waals surface area contributed by atoms with Crippen molar-refractivity contribution < 1.29 is 5.11 Å². The van der Waals surface area contributed by atoms with Crippen LogP contribution in [0.2, 0.25) is 0 Å². The smallest absolute Gasteiger partial charge is 0.140 e. The normalized spacial score (nSPS) is 16.6. The summed E-state index contributed by atoms with van der Waals surface area (Å²) in [6.45, 7) is 1.73. The van der Waals surface area contributed by atoms with Crippen LogP contribution in [0, 0.1) is 0 Å². The number of aromatic amines is 1. The van der Waals surface area contributed by atoms with Crippen LogP contribution in [0.5, 0.6) is 0 Å². The number of nitrogens with one attached hydrogen (secondary N) is 2. The molecular formula is C19H22N4O.